The molecule has 0 radical (unpaired) electrons. The fourth-order valence-electron chi connectivity index (χ4n) is 0.463. The Hall–Kier alpha value is 0.705. The summed E-state index contributed by atoms with van der Waals surface area (Å²) in [7, 11) is 0. The third kappa shape index (κ3) is 6.59. The van der Waals surface area contributed by atoms with E-state index in [1.807, 2.05) is 12.2 Å². The van der Waals surface area contributed by atoms with Gasteiger partial charge in [0.15, 0.2) is 7.00 Å². The zero-order chi connectivity index (χ0) is 7.11. The van der Waals surface area contributed by atoms with Gasteiger partial charge in [0.25, 0.3) is 0 Å². The average molecular weight is 252 g/mol. The van der Waals surface area contributed by atoms with Gasteiger partial charge in [0, 0.05) is 0 Å². The predicted octanol–water partition coefficient (Wildman–Crippen LogP) is 2.96. The van der Waals surface area contributed by atoms with Gasteiger partial charge in [0.05, 0.1) is 0 Å². The molecule has 0 aliphatic rings. The molecule has 0 N–H and O–H groups in total. The molecule has 0 aromatic heterocycles. The van der Waals surface area contributed by atoms with Gasteiger partial charge in [-0.2, -0.15) is 0 Å². The fourth-order valence-corrected chi connectivity index (χ4v) is 3.06. The van der Waals surface area contributed by atoms with Crippen molar-refractivity contribution in [2.24, 2.45) is 0 Å². The van der Waals surface area contributed by atoms with Gasteiger partial charge in [-0.25, -0.2) is 0 Å². The summed E-state index contributed by atoms with van der Waals surface area (Å²) < 4.78 is 0. The summed E-state index contributed by atoms with van der Waals surface area (Å²) in [6.07, 6.45) is 6.32. The predicted molar refractivity (Wildman–Crippen MR) is 58.2 cm³/mol. The van der Waals surface area contributed by atoms with Gasteiger partial charge in [0.2, 0.25) is 0 Å². The second-order valence-electron chi connectivity index (χ2n) is 1.73. The lowest BCUT2D eigenvalue weighted by Gasteiger charge is -2.01. The van der Waals surface area contributed by atoms with Gasteiger partial charge in [-0.05, 0) is 6.16 Å². The molecular weight excluding hydrogens is 241 g/mol. The highest BCUT2D eigenvalue weighted by molar-refractivity contribution is 14.2. The van der Waals surface area contributed by atoms with Crippen molar-refractivity contribution in [3.05, 3.63) is 25.3 Å². The lowest BCUT2D eigenvalue weighted by atomic mass is 10.0. The minimum atomic E-state index is 0.194. The van der Waals surface area contributed by atoms with Crippen LogP contribution in [0.15, 0.2) is 25.3 Å². The Morgan fingerprint density at radius 2 is 2.11 bits per heavy atom. The third-order valence-corrected chi connectivity index (χ3v) is 4.93. The molecule has 3 heteroatoms. The highest BCUT2D eigenvalue weighted by atomic mass is 127. The van der Waals surface area contributed by atoms with Crippen molar-refractivity contribution in [1.82, 2.24) is 0 Å². The highest BCUT2D eigenvalue weighted by Gasteiger charge is 1.98. The van der Waals surface area contributed by atoms with E-state index in [1.165, 1.54) is 13.2 Å². The largest absolute Gasteiger partial charge is 0.169 e. The Morgan fingerprint density at radius 3 is 2.56 bits per heavy atom. The van der Waals surface area contributed by atoms with Crippen LogP contribution in [0.1, 0.15) is 0 Å². The molecule has 9 heavy (non-hydrogen) atoms. The quantitative estimate of drug-likeness (QED) is 0.305. The first-order valence-corrected chi connectivity index (χ1v) is 7.43. The van der Waals surface area contributed by atoms with Crippen LogP contribution in [0, 0.1) is 0 Å². The molecule has 0 amide bonds. The summed E-state index contributed by atoms with van der Waals surface area (Å²) in [4.78, 5) is 0. The van der Waals surface area contributed by atoms with Crippen LogP contribution in [0.25, 0.3) is 0 Å². The fraction of sp³-hybridized carbons (Fsp3) is 0.333. The summed E-state index contributed by atoms with van der Waals surface area (Å²) in [5.74, 6) is 0. The van der Waals surface area contributed by atoms with E-state index < -0.39 is 0 Å². The lowest BCUT2D eigenvalue weighted by Crippen LogP contribution is -1.82. The van der Waals surface area contributed by atoms with E-state index in [0.717, 1.165) is 6.32 Å². The average Bonchev–Trinajstić information content (AvgIpc) is 1.85. The van der Waals surface area contributed by atoms with Gasteiger partial charge in [-0.15, -0.1) is 13.2 Å². The van der Waals surface area contributed by atoms with Crippen molar-refractivity contribution in [2.45, 2.75) is 6.32 Å². The second-order valence-corrected chi connectivity index (χ2v) is 7.57. The molecule has 1 atom stereocenters. The topological polar surface area (TPSA) is 0 Å². The summed E-state index contributed by atoms with van der Waals surface area (Å²) in [6, 6.07) is 0. The van der Waals surface area contributed by atoms with Crippen LogP contribution in [0.3, 0.4) is 0 Å². The van der Waals surface area contributed by atoms with Gasteiger partial charge in [-0.3, -0.25) is 0 Å². The van der Waals surface area contributed by atoms with Gasteiger partial charge in [-0.1, -0.05) is 46.0 Å². The van der Waals surface area contributed by atoms with Crippen molar-refractivity contribution in [2.75, 3.05) is 6.16 Å². The van der Waals surface area contributed by atoms with Crippen molar-refractivity contribution in [3.63, 3.8) is 0 Å². The van der Waals surface area contributed by atoms with E-state index in [-0.39, 0.29) is 5.44 Å². The van der Waals surface area contributed by atoms with Crippen molar-refractivity contribution in [3.8, 4) is 0 Å². The maximum atomic E-state index is 3.69. The van der Waals surface area contributed by atoms with E-state index in [2.05, 4.69) is 35.2 Å². The van der Waals surface area contributed by atoms with E-state index >= 15 is 0 Å². The smallest absolute Gasteiger partial charge is 0.104 e. The Morgan fingerprint density at radius 1 is 1.44 bits per heavy atom. The molecule has 0 heterocycles. The van der Waals surface area contributed by atoms with Crippen LogP contribution in [0.2, 0.25) is 6.32 Å². The third-order valence-electron chi connectivity index (χ3n) is 0.903. The summed E-state index contributed by atoms with van der Waals surface area (Å²) >= 11 is 2.51. The Balaban J connectivity index is 3.14. The number of rotatable bonds is 5. The molecule has 0 spiro atoms. The standard InChI is InChI=1S/C6H11BIP/c1-3-5-7-9(8)6-4-2/h3-4,7H,1-2,5-6H2. The maximum absolute atomic E-state index is 3.69. The van der Waals surface area contributed by atoms with E-state index in [0.29, 0.717) is 0 Å². The van der Waals surface area contributed by atoms with Gasteiger partial charge < -0.3 is 0 Å². The zero-order valence-electron chi connectivity index (χ0n) is 5.52. The molecule has 1 unspecified atom stereocenters. The minimum Gasteiger partial charge on any atom is -0.104 e. The van der Waals surface area contributed by atoms with E-state index in [4.69, 9.17) is 0 Å². The molecule has 0 rings (SSSR count). The zero-order valence-corrected chi connectivity index (χ0v) is 8.57. The SMILES string of the molecule is C=CCBP(I)CC=C. The van der Waals surface area contributed by atoms with Gasteiger partial charge >= 0.3 is 0 Å². The second kappa shape index (κ2) is 6.82. The monoisotopic (exact) mass is 252 g/mol. The van der Waals surface area contributed by atoms with E-state index in [9.17, 15) is 0 Å². The number of allylic oxidation sites excluding steroid dienone is 2. The molecule has 0 bridgehead atoms. The Bertz CT molecular complexity index is 95.1. The van der Waals surface area contributed by atoms with Crippen LogP contribution >= 0.6 is 27.5 Å². The number of hydrogen-bond donors (Lipinski definition) is 0. The first-order valence-electron chi connectivity index (χ1n) is 2.93. The van der Waals surface area contributed by atoms with Crippen molar-refractivity contribution >= 4 is 34.5 Å². The molecule has 50 valence electrons. The molecule has 0 saturated heterocycles. The molecule has 0 aliphatic carbocycles. The molecule has 0 saturated carbocycles. The lowest BCUT2D eigenvalue weighted by molar-refractivity contribution is 1.74. The van der Waals surface area contributed by atoms with Crippen LogP contribution in [0.4, 0.5) is 0 Å². The highest BCUT2D eigenvalue weighted by Crippen LogP contribution is 2.43. The molecule has 0 aromatic rings. The summed E-state index contributed by atoms with van der Waals surface area (Å²) in [5, 5.41) is 0. The van der Waals surface area contributed by atoms with Gasteiger partial charge in [0.1, 0.15) is 0 Å². The van der Waals surface area contributed by atoms with E-state index in [1.54, 1.807) is 0 Å². The van der Waals surface area contributed by atoms with Crippen molar-refractivity contribution in [1.29, 1.82) is 0 Å². The van der Waals surface area contributed by atoms with Crippen LogP contribution in [0.5, 0.6) is 0 Å². The normalized spacial score (nSPS) is 12.1. The summed E-state index contributed by atoms with van der Waals surface area (Å²) in [5.41, 5.74) is 0.194. The van der Waals surface area contributed by atoms with Crippen molar-refractivity contribution < 1.29 is 0 Å². The van der Waals surface area contributed by atoms with Crippen LogP contribution < -0.4 is 0 Å². The molecule has 0 nitrogen and oxygen atoms in total. The Kier molecular flexibility index (Phi) is 7.35. The number of halogens is 1. The maximum Gasteiger partial charge on any atom is 0.169 e. The van der Waals surface area contributed by atoms with Crippen LogP contribution in [-0.4, -0.2) is 13.2 Å². The molecule has 0 aromatic carbocycles. The summed E-state index contributed by atoms with van der Waals surface area (Å²) in [6.45, 7) is 8.67. The molecule has 0 fully saturated rings. The first kappa shape index (κ1) is 9.70. The molecular formula is C6H11BIP. The Labute approximate surface area is 72.2 Å². The molecule has 0 aliphatic heterocycles. The van der Waals surface area contributed by atoms with Crippen LogP contribution in [-0.2, 0) is 0 Å². The minimum absolute atomic E-state index is 0.194. The first-order chi connectivity index (χ1) is 4.31. The number of hydrogen-bond acceptors (Lipinski definition) is 0.